The van der Waals surface area contributed by atoms with Gasteiger partial charge in [-0.2, -0.15) is 0 Å². The third-order valence-electron chi connectivity index (χ3n) is 2.40. The van der Waals surface area contributed by atoms with Crippen LogP contribution in [0, 0.1) is 11.2 Å². The van der Waals surface area contributed by atoms with Crippen molar-refractivity contribution >= 4 is 11.3 Å². The molecule has 1 aliphatic rings. The molecule has 0 saturated carbocycles. The van der Waals surface area contributed by atoms with Gasteiger partial charge in [-0.3, -0.25) is 0 Å². The van der Waals surface area contributed by atoms with E-state index in [1.54, 1.807) is 12.1 Å². The van der Waals surface area contributed by atoms with E-state index in [-0.39, 0.29) is 11.2 Å². The minimum Gasteiger partial charge on any atom is -0.399 e. The van der Waals surface area contributed by atoms with Crippen molar-refractivity contribution in [3.05, 3.63) is 35.7 Å². The highest BCUT2D eigenvalue weighted by atomic mass is 19.1. The fourth-order valence-corrected chi connectivity index (χ4v) is 1.50. The van der Waals surface area contributed by atoms with Crippen LogP contribution >= 0.6 is 0 Å². The van der Waals surface area contributed by atoms with Gasteiger partial charge in [-0.25, -0.2) is 4.39 Å². The van der Waals surface area contributed by atoms with Crippen molar-refractivity contribution in [3.63, 3.8) is 0 Å². The Hall–Kier alpha value is -1.31. The standard InChI is InChI=1S/C11H12FN/c1-11(2)6-9(11)8-4-3-7(13)5-10(8)12/h3-6H,13H2,1-2H3. The third-order valence-corrected chi connectivity index (χ3v) is 2.40. The lowest BCUT2D eigenvalue weighted by atomic mass is 10.0. The Kier molecular flexibility index (Phi) is 1.50. The predicted octanol–water partition coefficient (Wildman–Crippen LogP) is 2.83. The van der Waals surface area contributed by atoms with Crippen molar-refractivity contribution in [2.45, 2.75) is 13.8 Å². The van der Waals surface area contributed by atoms with Gasteiger partial charge in [0.2, 0.25) is 0 Å². The summed E-state index contributed by atoms with van der Waals surface area (Å²) in [6.45, 7) is 4.14. The van der Waals surface area contributed by atoms with Crippen molar-refractivity contribution in [3.8, 4) is 0 Å². The van der Waals surface area contributed by atoms with Gasteiger partial charge in [-0.1, -0.05) is 19.9 Å². The van der Waals surface area contributed by atoms with E-state index in [1.807, 2.05) is 0 Å². The van der Waals surface area contributed by atoms with Crippen molar-refractivity contribution in [2.24, 2.45) is 5.41 Å². The van der Waals surface area contributed by atoms with Crippen LogP contribution in [0.1, 0.15) is 19.4 Å². The van der Waals surface area contributed by atoms with Crippen LogP contribution < -0.4 is 5.73 Å². The molecule has 1 aliphatic carbocycles. The maximum Gasteiger partial charge on any atom is 0.132 e. The Balaban J connectivity index is 2.39. The summed E-state index contributed by atoms with van der Waals surface area (Å²) >= 11 is 0. The first kappa shape index (κ1) is 8.30. The molecule has 2 N–H and O–H groups in total. The van der Waals surface area contributed by atoms with E-state index in [0.717, 1.165) is 5.57 Å². The van der Waals surface area contributed by atoms with Gasteiger partial charge in [0.25, 0.3) is 0 Å². The van der Waals surface area contributed by atoms with Crippen LogP contribution in [-0.4, -0.2) is 0 Å². The van der Waals surface area contributed by atoms with Crippen molar-refractivity contribution in [2.75, 3.05) is 5.73 Å². The molecule has 0 saturated heterocycles. The van der Waals surface area contributed by atoms with Gasteiger partial charge < -0.3 is 5.73 Å². The minimum absolute atomic E-state index is 0.0664. The average molecular weight is 177 g/mol. The molecule has 0 aromatic heterocycles. The van der Waals surface area contributed by atoms with E-state index in [9.17, 15) is 4.39 Å². The molecule has 1 nitrogen and oxygen atoms in total. The highest BCUT2D eigenvalue weighted by molar-refractivity contribution is 5.84. The summed E-state index contributed by atoms with van der Waals surface area (Å²) in [6.07, 6.45) is 2.06. The predicted molar refractivity (Wildman–Crippen MR) is 52.6 cm³/mol. The first-order chi connectivity index (χ1) is 6.00. The summed E-state index contributed by atoms with van der Waals surface area (Å²) in [6, 6.07) is 4.84. The van der Waals surface area contributed by atoms with Crippen molar-refractivity contribution in [1.82, 2.24) is 0 Å². The molecule has 0 radical (unpaired) electrons. The quantitative estimate of drug-likeness (QED) is 0.656. The normalized spacial score (nSPS) is 18.2. The number of hydrogen-bond donors (Lipinski definition) is 1. The molecule has 0 aliphatic heterocycles. The molecule has 13 heavy (non-hydrogen) atoms. The number of hydrogen-bond acceptors (Lipinski definition) is 1. The number of nitrogens with two attached hydrogens (primary N) is 1. The molecule has 68 valence electrons. The van der Waals surface area contributed by atoms with Gasteiger partial charge >= 0.3 is 0 Å². The molecule has 0 heterocycles. The maximum absolute atomic E-state index is 13.4. The smallest absolute Gasteiger partial charge is 0.132 e. The van der Waals surface area contributed by atoms with E-state index in [2.05, 4.69) is 19.9 Å². The summed E-state index contributed by atoms with van der Waals surface area (Å²) in [5.74, 6) is -0.225. The first-order valence-corrected chi connectivity index (χ1v) is 4.29. The number of anilines is 1. The second-order valence-corrected chi connectivity index (χ2v) is 4.02. The molecule has 0 bridgehead atoms. The van der Waals surface area contributed by atoms with Gasteiger partial charge in [-0.05, 0) is 23.8 Å². The highest BCUT2D eigenvalue weighted by Crippen LogP contribution is 2.50. The van der Waals surface area contributed by atoms with Crippen LogP contribution in [0.5, 0.6) is 0 Å². The van der Waals surface area contributed by atoms with Crippen LogP contribution in [0.4, 0.5) is 10.1 Å². The Labute approximate surface area is 77.1 Å². The molecule has 2 rings (SSSR count). The molecule has 0 unspecified atom stereocenters. The van der Waals surface area contributed by atoms with Crippen LogP contribution in [0.25, 0.3) is 5.57 Å². The van der Waals surface area contributed by atoms with Gasteiger partial charge in [0.15, 0.2) is 0 Å². The largest absolute Gasteiger partial charge is 0.399 e. The van der Waals surface area contributed by atoms with E-state index in [4.69, 9.17) is 5.73 Å². The Morgan fingerprint density at radius 1 is 1.31 bits per heavy atom. The number of rotatable bonds is 1. The minimum atomic E-state index is -0.225. The molecule has 1 aromatic rings. The third kappa shape index (κ3) is 1.32. The molecule has 0 spiro atoms. The van der Waals surface area contributed by atoms with E-state index >= 15 is 0 Å². The van der Waals surface area contributed by atoms with Gasteiger partial charge in [0.05, 0.1) is 0 Å². The zero-order valence-electron chi connectivity index (χ0n) is 7.76. The van der Waals surface area contributed by atoms with Crippen LogP contribution in [-0.2, 0) is 0 Å². The lowest BCUT2D eigenvalue weighted by Gasteiger charge is -2.05. The molecular formula is C11H12FN. The van der Waals surface area contributed by atoms with E-state index in [1.165, 1.54) is 6.07 Å². The lowest BCUT2D eigenvalue weighted by Crippen LogP contribution is -1.94. The first-order valence-electron chi connectivity index (χ1n) is 4.29. The molecular weight excluding hydrogens is 165 g/mol. The average Bonchev–Trinajstić information content (AvgIpc) is 2.59. The molecule has 2 heteroatoms. The Morgan fingerprint density at radius 2 is 1.92 bits per heavy atom. The molecule has 1 aromatic carbocycles. The molecule has 0 amide bonds. The monoisotopic (exact) mass is 177 g/mol. The number of nitrogen functional groups attached to an aromatic ring is 1. The fraction of sp³-hybridized carbons (Fsp3) is 0.273. The topological polar surface area (TPSA) is 26.0 Å². The lowest BCUT2D eigenvalue weighted by molar-refractivity contribution is 0.621. The fourth-order valence-electron chi connectivity index (χ4n) is 1.50. The van der Waals surface area contributed by atoms with E-state index in [0.29, 0.717) is 11.3 Å². The molecule has 0 fully saturated rings. The van der Waals surface area contributed by atoms with Crippen LogP contribution in [0.2, 0.25) is 0 Å². The van der Waals surface area contributed by atoms with Crippen LogP contribution in [0.3, 0.4) is 0 Å². The Bertz CT molecular complexity index is 391. The zero-order valence-corrected chi connectivity index (χ0v) is 7.76. The summed E-state index contributed by atoms with van der Waals surface area (Å²) in [7, 11) is 0. The maximum atomic E-state index is 13.4. The second kappa shape index (κ2) is 2.34. The van der Waals surface area contributed by atoms with Gasteiger partial charge in [0, 0.05) is 16.7 Å². The van der Waals surface area contributed by atoms with Crippen molar-refractivity contribution < 1.29 is 4.39 Å². The summed E-state index contributed by atoms with van der Waals surface area (Å²) in [4.78, 5) is 0. The van der Waals surface area contributed by atoms with Crippen molar-refractivity contribution in [1.29, 1.82) is 0 Å². The summed E-state index contributed by atoms with van der Waals surface area (Å²) in [5, 5.41) is 0. The second-order valence-electron chi connectivity index (χ2n) is 4.02. The SMILES string of the molecule is CC1(C)C=C1c1ccc(N)cc1F. The Morgan fingerprint density at radius 3 is 2.38 bits per heavy atom. The summed E-state index contributed by atoms with van der Waals surface area (Å²) < 4.78 is 13.4. The highest BCUT2D eigenvalue weighted by Gasteiger charge is 2.35. The number of allylic oxidation sites excluding steroid dienone is 2. The molecule has 0 atom stereocenters. The zero-order chi connectivity index (χ0) is 9.64. The summed E-state index contributed by atoms with van der Waals surface area (Å²) in [5.41, 5.74) is 7.75. The van der Waals surface area contributed by atoms with Gasteiger partial charge in [-0.15, -0.1) is 0 Å². The number of halogens is 1. The van der Waals surface area contributed by atoms with Crippen LogP contribution in [0.15, 0.2) is 24.3 Å². The van der Waals surface area contributed by atoms with E-state index < -0.39 is 0 Å². The van der Waals surface area contributed by atoms with Gasteiger partial charge in [0.1, 0.15) is 5.82 Å². The number of benzene rings is 1.